The second kappa shape index (κ2) is 5.87. The van der Waals surface area contributed by atoms with Gasteiger partial charge in [-0.1, -0.05) is 41.3 Å². The van der Waals surface area contributed by atoms with Gasteiger partial charge in [-0.2, -0.15) is 0 Å². The van der Waals surface area contributed by atoms with Gasteiger partial charge < -0.3 is 10.3 Å². The highest BCUT2D eigenvalue weighted by atomic mass is 32.2. The van der Waals surface area contributed by atoms with Crippen LogP contribution in [0.5, 0.6) is 0 Å². The molecule has 0 spiro atoms. The van der Waals surface area contributed by atoms with Gasteiger partial charge in [-0.3, -0.25) is 4.79 Å². The number of nitrogens with one attached hydrogen (secondary N) is 2. The van der Waals surface area contributed by atoms with Crippen LogP contribution in [0.4, 0.5) is 5.13 Å². The van der Waals surface area contributed by atoms with Crippen LogP contribution in [-0.4, -0.2) is 33.3 Å². The van der Waals surface area contributed by atoms with Gasteiger partial charge in [-0.05, 0) is 13.0 Å². The molecule has 21 heavy (non-hydrogen) atoms. The first-order valence-corrected chi connectivity index (χ1v) is 8.17. The third kappa shape index (κ3) is 2.79. The van der Waals surface area contributed by atoms with Crippen LogP contribution in [-0.2, 0) is 0 Å². The molecule has 0 aliphatic rings. The lowest BCUT2D eigenvalue weighted by Crippen LogP contribution is -2.12. The number of hydrogen-bond donors (Lipinski definition) is 2. The molecule has 1 atom stereocenters. The minimum absolute atomic E-state index is 0.0960. The van der Waals surface area contributed by atoms with Gasteiger partial charge in [0.25, 0.3) is 0 Å². The van der Waals surface area contributed by atoms with Crippen molar-refractivity contribution in [2.45, 2.75) is 16.5 Å². The van der Waals surface area contributed by atoms with E-state index < -0.39 is 0 Å². The number of H-pyrrole nitrogens is 1. The van der Waals surface area contributed by atoms with Crippen molar-refractivity contribution in [1.29, 1.82) is 0 Å². The average Bonchev–Trinajstić information content (AvgIpc) is 3.12. The Kier molecular flexibility index (Phi) is 3.94. The highest BCUT2D eigenvalue weighted by Gasteiger charge is 2.21. The Labute approximate surface area is 130 Å². The Morgan fingerprint density at radius 2 is 2.19 bits per heavy atom. The molecule has 5 nitrogen and oxygen atoms in total. The van der Waals surface area contributed by atoms with Crippen molar-refractivity contribution in [1.82, 2.24) is 15.2 Å². The summed E-state index contributed by atoms with van der Waals surface area (Å²) in [6, 6.07) is 7.81. The largest absolute Gasteiger partial charge is 0.363 e. The lowest BCUT2D eigenvalue weighted by Gasteiger charge is -2.06. The van der Waals surface area contributed by atoms with Gasteiger partial charge in [-0.15, -0.1) is 10.2 Å². The Balaban J connectivity index is 1.81. The number of hydrogen-bond acceptors (Lipinski definition) is 6. The van der Waals surface area contributed by atoms with Crippen LogP contribution in [0.25, 0.3) is 10.9 Å². The number of para-hydroxylation sites is 1. The van der Waals surface area contributed by atoms with Gasteiger partial charge in [0.2, 0.25) is 5.13 Å². The molecule has 0 aliphatic carbocycles. The van der Waals surface area contributed by atoms with Crippen molar-refractivity contribution in [3.05, 3.63) is 36.0 Å². The Morgan fingerprint density at radius 3 is 2.95 bits per heavy atom. The normalized spacial score (nSPS) is 12.5. The molecule has 0 unspecified atom stereocenters. The van der Waals surface area contributed by atoms with Gasteiger partial charge >= 0.3 is 0 Å². The minimum Gasteiger partial charge on any atom is -0.363 e. The zero-order valence-electron chi connectivity index (χ0n) is 11.6. The highest BCUT2D eigenvalue weighted by Crippen LogP contribution is 2.31. The summed E-state index contributed by atoms with van der Waals surface area (Å²) in [6.07, 6.45) is 1.78. The Bertz CT molecular complexity index is 780. The molecule has 0 radical (unpaired) electrons. The van der Waals surface area contributed by atoms with Crippen LogP contribution in [0.2, 0.25) is 0 Å². The molecule has 0 amide bonds. The summed E-state index contributed by atoms with van der Waals surface area (Å²) in [6.45, 7) is 1.90. The van der Waals surface area contributed by atoms with E-state index in [1.165, 1.54) is 23.1 Å². The summed E-state index contributed by atoms with van der Waals surface area (Å²) in [5, 5.41) is 12.5. The molecule has 3 rings (SSSR count). The number of rotatable bonds is 5. The van der Waals surface area contributed by atoms with Gasteiger partial charge in [0.1, 0.15) is 0 Å². The summed E-state index contributed by atoms with van der Waals surface area (Å²) in [5.41, 5.74) is 1.70. The summed E-state index contributed by atoms with van der Waals surface area (Å²) in [7, 11) is 1.80. The van der Waals surface area contributed by atoms with E-state index in [4.69, 9.17) is 0 Å². The van der Waals surface area contributed by atoms with E-state index in [9.17, 15) is 4.79 Å². The molecule has 0 fully saturated rings. The summed E-state index contributed by atoms with van der Waals surface area (Å²) in [5.74, 6) is 0.0960. The molecule has 108 valence electrons. The molecule has 2 N–H and O–H groups in total. The lowest BCUT2D eigenvalue weighted by atomic mass is 10.1. The maximum atomic E-state index is 12.6. The monoisotopic (exact) mass is 318 g/mol. The van der Waals surface area contributed by atoms with E-state index in [1.807, 2.05) is 31.2 Å². The molecule has 0 saturated carbocycles. The second-order valence-corrected chi connectivity index (χ2v) is 7.06. The number of aromatic amines is 1. The summed E-state index contributed by atoms with van der Waals surface area (Å²) in [4.78, 5) is 15.7. The Morgan fingerprint density at radius 1 is 1.38 bits per heavy atom. The molecular formula is C14H14N4OS2. The van der Waals surface area contributed by atoms with Crippen molar-refractivity contribution < 1.29 is 4.79 Å². The molecule has 0 bridgehead atoms. The number of thioether (sulfide) groups is 1. The van der Waals surface area contributed by atoms with E-state index in [2.05, 4.69) is 20.5 Å². The number of anilines is 1. The smallest absolute Gasteiger partial charge is 0.206 e. The first kappa shape index (κ1) is 14.1. The minimum atomic E-state index is -0.207. The zero-order chi connectivity index (χ0) is 14.8. The van der Waals surface area contributed by atoms with Crippen LogP contribution in [0.15, 0.2) is 34.8 Å². The van der Waals surface area contributed by atoms with Crippen molar-refractivity contribution in [2.24, 2.45) is 0 Å². The standard InChI is InChI=1S/C14H14N4OS2/c1-8(20-14-18-17-13(15-2)21-14)12(19)10-7-16-11-6-4-3-5-9(10)11/h3-8,16H,1-2H3,(H,15,17)/t8-/m1/s1. The fourth-order valence-electron chi connectivity index (χ4n) is 2.06. The molecular weight excluding hydrogens is 304 g/mol. The zero-order valence-corrected chi connectivity index (χ0v) is 13.2. The number of carbonyl (C=O) groups is 1. The number of benzene rings is 1. The number of aromatic nitrogens is 3. The molecule has 2 aromatic heterocycles. The van der Waals surface area contributed by atoms with Crippen molar-refractivity contribution >= 4 is 44.9 Å². The maximum Gasteiger partial charge on any atom is 0.206 e. The number of nitrogens with zero attached hydrogens (tertiary/aromatic N) is 2. The fourth-order valence-corrected chi connectivity index (χ4v) is 3.97. The van der Waals surface area contributed by atoms with Crippen LogP contribution in [0, 0.1) is 0 Å². The summed E-state index contributed by atoms with van der Waals surface area (Å²) < 4.78 is 0.792. The molecule has 1 aromatic carbocycles. The van der Waals surface area contributed by atoms with Gasteiger partial charge in [0.05, 0.1) is 5.25 Å². The predicted octanol–water partition coefficient (Wildman–Crippen LogP) is 3.42. The highest BCUT2D eigenvalue weighted by molar-refractivity contribution is 8.02. The average molecular weight is 318 g/mol. The van der Waals surface area contributed by atoms with E-state index in [1.54, 1.807) is 13.2 Å². The van der Waals surface area contributed by atoms with E-state index >= 15 is 0 Å². The van der Waals surface area contributed by atoms with Crippen LogP contribution >= 0.6 is 23.1 Å². The van der Waals surface area contributed by atoms with E-state index in [-0.39, 0.29) is 11.0 Å². The number of fused-ring (bicyclic) bond motifs is 1. The van der Waals surface area contributed by atoms with Crippen LogP contribution in [0.3, 0.4) is 0 Å². The lowest BCUT2D eigenvalue weighted by molar-refractivity contribution is 0.0995. The van der Waals surface area contributed by atoms with Gasteiger partial charge in [0.15, 0.2) is 10.1 Å². The molecule has 0 saturated heterocycles. The fraction of sp³-hybridized carbons (Fsp3) is 0.214. The first-order chi connectivity index (χ1) is 10.2. The van der Waals surface area contributed by atoms with E-state index in [0.29, 0.717) is 0 Å². The van der Waals surface area contributed by atoms with Crippen molar-refractivity contribution in [3.63, 3.8) is 0 Å². The number of ketones is 1. The molecule has 3 aromatic rings. The van der Waals surface area contributed by atoms with Gasteiger partial charge in [-0.25, -0.2) is 0 Å². The van der Waals surface area contributed by atoms with E-state index in [0.717, 1.165) is 25.9 Å². The quantitative estimate of drug-likeness (QED) is 0.557. The molecule has 0 aliphatic heterocycles. The molecule has 2 heterocycles. The number of carbonyl (C=O) groups excluding carboxylic acids is 1. The summed E-state index contributed by atoms with van der Waals surface area (Å²) >= 11 is 2.89. The van der Waals surface area contributed by atoms with Crippen molar-refractivity contribution in [2.75, 3.05) is 12.4 Å². The number of Topliss-reactive ketones (excluding diaryl/α,β-unsaturated/α-hetero) is 1. The van der Waals surface area contributed by atoms with Crippen molar-refractivity contribution in [3.8, 4) is 0 Å². The second-order valence-electron chi connectivity index (χ2n) is 4.50. The third-order valence-corrected chi connectivity index (χ3v) is 5.25. The van der Waals surface area contributed by atoms with Crippen LogP contribution in [0.1, 0.15) is 17.3 Å². The first-order valence-electron chi connectivity index (χ1n) is 6.47. The SMILES string of the molecule is CNc1nnc(S[C@H](C)C(=O)c2c[nH]c3ccccc23)s1. The van der Waals surface area contributed by atoms with Gasteiger partial charge in [0, 0.05) is 29.7 Å². The predicted molar refractivity (Wildman–Crippen MR) is 87.4 cm³/mol. The topological polar surface area (TPSA) is 70.7 Å². The van der Waals surface area contributed by atoms with Crippen LogP contribution < -0.4 is 5.32 Å². The molecule has 7 heteroatoms. The maximum absolute atomic E-state index is 12.6. The Hall–Kier alpha value is -1.86. The third-order valence-electron chi connectivity index (χ3n) is 3.12.